The maximum Gasteiger partial charge on any atom is 0.236 e. The minimum absolute atomic E-state index is 0. The molecule has 7 nitrogen and oxygen atoms in total. The van der Waals surface area contributed by atoms with Crippen LogP contribution in [0, 0.1) is 0 Å². The topological polar surface area (TPSA) is 55.8 Å². The van der Waals surface area contributed by atoms with E-state index >= 15 is 0 Å². The van der Waals surface area contributed by atoms with Gasteiger partial charge < -0.3 is 9.80 Å². The third-order valence-corrected chi connectivity index (χ3v) is 4.81. The number of carbonyl (C=O) groups is 1. The first kappa shape index (κ1) is 19.9. The van der Waals surface area contributed by atoms with Gasteiger partial charge in [0.1, 0.15) is 0 Å². The number of nitrogens with zero attached hydrogens (tertiary/aromatic N) is 6. The second kappa shape index (κ2) is 9.31. The second-order valence-corrected chi connectivity index (χ2v) is 6.93. The summed E-state index contributed by atoms with van der Waals surface area (Å²) in [4.78, 5) is 29.4. The summed E-state index contributed by atoms with van der Waals surface area (Å²) in [5.74, 6) is 1.04. The van der Waals surface area contributed by atoms with Gasteiger partial charge in [0.15, 0.2) is 0 Å². The van der Waals surface area contributed by atoms with Gasteiger partial charge in [0.25, 0.3) is 0 Å². The van der Waals surface area contributed by atoms with E-state index in [9.17, 15) is 4.79 Å². The van der Waals surface area contributed by atoms with Crippen LogP contribution in [0.3, 0.4) is 0 Å². The lowest BCUT2D eigenvalue weighted by Crippen LogP contribution is -2.48. The van der Waals surface area contributed by atoms with Crippen LogP contribution >= 0.6 is 12.4 Å². The molecule has 0 bridgehead atoms. The molecule has 0 unspecified atom stereocenters. The third kappa shape index (κ3) is 5.52. The number of piperazine rings is 1. The summed E-state index contributed by atoms with van der Waals surface area (Å²) in [5, 5.41) is 0. The number of hydrogen-bond donors (Lipinski definition) is 0. The van der Waals surface area contributed by atoms with Gasteiger partial charge in [-0.2, -0.15) is 0 Å². The molecule has 2 aliphatic heterocycles. The predicted octanol–water partition coefficient (Wildman–Crippen LogP) is 0.704. The smallest absolute Gasteiger partial charge is 0.236 e. The molecule has 0 saturated carbocycles. The third-order valence-electron chi connectivity index (χ3n) is 4.81. The van der Waals surface area contributed by atoms with Gasteiger partial charge in [-0.15, -0.1) is 12.4 Å². The lowest BCUT2D eigenvalue weighted by atomic mass is 10.2. The van der Waals surface area contributed by atoms with E-state index in [-0.39, 0.29) is 18.3 Å². The highest BCUT2D eigenvalue weighted by Gasteiger charge is 2.20. The highest BCUT2D eigenvalue weighted by molar-refractivity contribution is 5.85. The Kier molecular flexibility index (Phi) is 7.40. The van der Waals surface area contributed by atoms with E-state index in [1.165, 1.54) is 12.8 Å². The van der Waals surface area contributed by atoms with Crippen LogP contribution in [0.2, 0.25) is 0 Å². The van der Waals surface area contributed by atoms with E-state index in [4.69, 9.17) is 0 Å². The van der Waals surface area contributed by atoms with E-state index < -0.39 is 0 Å². The Bertz CT molecular complexity index is 539. The molecule has 0 N–H and O–H groups in total. The molecule has 1 aromatic heterocycles. The van der Waals surface area contributed by atoms with Crippen LogP contribution in [0.5, 0.6) is 0 Å². The molecule has 3 rings (SSSR count). The molecule has 8 heteroatoms. The molecule has 2 saturated heterocycles. The number of amides is 1. The fourth-order valence-electron chi connectivity index (χ4n) is 3.21. The van der Waals surface area contributed by atoms with E-state index in [2.05, 4.69) is 24.7 Å². The summed E-state index contributed by atoms with van der Waals surface area (Å²) < 4.78 is 0. The number of hydrogen-bond acceptors (Lipinski definition) is 6. The summed E-state index contributed by atoms with van der Waals surface area (Å²) in [6, 6.07) is 0. The lowest BCUT2D eigenvalue weighted by Gasteiger charge is -2.34. The highest BCUT2D eigenvalue weighted by Crippen LogP contribution is 2.15. The van der Waals surface area contributed by atoms with Crippen molar-refractivity contribution in [1.82, 2.24) is 24.7 Å². The van der Waals surface area contributed by atoms with Crippen molar-refractivity contribution >= 4 is 24.3 Å². The van der Waals surface area contributed by atoms with Crippen molar-refractivity contribution in [2.45, 2.75) is 19.4 Å². The van der Waals surface area contributed by atoms with Crippen LogP contribution in [-0.4, -0.2) is 90.5 Å². The second-order valence-electron chi connectivity index (χ2n) is 6.93. The molecule has 2 aliphatic rings. The Balaban J connectivity index is 0.00000225. The fraction of sp³-hybridized carbons (Fsp3) is 0.706. The van der Waals surface area contributed by atoms with Crippen LogP contribution in [0.4, 0.5) is 5.95 Å². The average Bonchev–Trinajstić information content (AvgIpc) is 3.12. The molecular formula is C17H29ClN6O. The zero-order valence-corrected chi connectivity index (χ0v) is 16.0. The summed E-state index contributed by atoms with van der Waals surface area (Å²) in [7, 11) is 3.62. The summed E-state index contributed by atoms with van der Waals surface area (Å²) in [6.07, 6.45) is 6.41. The number of carbonyl (C=O) groups excluding carboxylic acids is 1. The summed E-state index contributed by atoms with van der Waals surface area (Å²) in [5.41, 5.74) is 1.16. The Morgan fingerprint density at radius 2 is 1.56 bits per heavy atom. The summed E-state index contributed by atoms with van der Waals surface area (Å²) in [6.45, 7) is 7.39. The maximum atomic E-state index is 11.8. The van der Waals surface area contributed by atoms with Gasteiger partial charge in [-0.3, -0.25) is 14.6 Å². The first-order chi connectivity index (χ1) is 11.6. The lowest BCUT2D eigenvalue weighted by molar-refractivity contribution is -0.130. The largest absolute Gasteiger partial charge is 0.348 e. The zero-order valence-electron chi connectivity index (χ0n) is 15.2. The van der Waals surface area contributed by atoms with Gasteiger partial charge in [-0.25, -0.2) is 9.97 Å². The highest BCUT2D eigenvalue weighted by atomic mass is 35.5. The average molecular weight is 369 g/mol. The van der Waals surface area contributed by atoms with Gasteiger partial charge in [0.2, 0.25) is 11.9 Å². The minimum atomic E-state index is 0. The Morgan fingerprint density at radius 1 is 1.00 bits per heavy atom. The van der Waals surface area contributed by atoms with Crippen molar-refractivity contribution in [2.75, 3.05) is 64.8 Å². The molecule has 0 aromatic carbocycles. The van der Waals surface area contributed by atoms with Gasteiger partial charge in [-0.1, -0.05) is 0 Å². The first-order valence-corrected chi connectivity index (χ1v) is 8.82. The van der Waals surface area contributed by atoms with Gasteiger partial charge in [0, 0.05) is 77.9 Å². The van der Waals surface area contributed by atoms with Crippen molar-refractivity contribution in [1.29, 1.82) is 0 Å². The first-order valence-electron chi connectivity index (χ1n) is 8.82. The molecule has 2 fully saturated rings. The molecule has 0 radical (unpaired) electrons. The van der Waals surface area contributed by atoms with Crippen molar-refractivity contribution in [3.63, 3.8) is 0 Å². The SMILES string of the molecule is CN(C)C(=O)CN1CCN(Cc2cnc(N3CCCC3)nc2)CC1.Cl. The van der Waals surface area contributed by atoms with Crippen LogP contribution in [0.15, 0.2) is 12.4 Å². The molecule has 25 heavy (non-hydrogen) atoms. The van der Waals surface area contributed by atoms with Crippen molar-refractivity contribution in [3.05, 3.63) is 18.0 Å². The van der Waals surface area contributed by atoms with Crippen molar-refractivity contribution < 1.29 is 4.79 Å². The molecule has 3 heterocycles. The van der Waals surface area contributed by atoms with E-state index in [0.29, 0.717) is 6.54 Å². The Hall–Kier alpha value is -1.44. The Morgan fingerprint density at radius 3 is 2.12 bits per heavy atom. The number of aromatic nitrogens is 2. The number of halogens is 1. The zero-order chi connectivity index (χ0) is 16.9. The van der Waals surface area contributed by atoms with Crippen molar-refractivity contribution in [3.8, 4) is 0 Å². The maximum absolute atomic E-state index is 11.8. The van der Waals surface area contributed by atoms with Crippen LogP contribution in [-0.2, 0) is 11.3 Å². The molecule has 0 atom stereocenters. The fourth-order valence-corrected chi connectivity index (χ4v) is 3.21. The molecule has 140 valence electrons. The monoisotopic (exact) mass is 368 g/mol. The van der Waals surface area contributed by atoms with Crippen LogP contribution < -0.4 is 4.90 Å². The standard InChI is InChI=1S/C17H28N6O.ClH/c1-20(2)16(24)14-22-9-7-21(8-10-22)13-15-11-18-17(19-12-15)23-5-3-4-6-23;/h11-12H,3-10,13-14H2,1-2H3;1H. The van der Waals surface area contributed by atoms with E-state index in [1.54, 1.807) is 4.90 Å². The van der Waals surface area contributed by atoms with Crippen LogP contribution in [0.1, 0.15) is 18.4 Å². The van der Waals surface area contributed by atoms with Gasteiger partial charge in [-0.05, 0) is 12.8 Å². The molecule has 1 aromatic rings. The van der Waals surface area contributed by atoms with Gasteiger partial charge >= 0.3 is 0 Å². The van der Waals surface area contributed by atoms with E-state index in [1.807, 2.05) is 26.5 Å². The molecule has 0 aliphatic carbocycles. The van der Waals surface area contributed by atoms with Crippen molar-refractivity contribution in [2.24, 2.45) is 0 Å². The predicted molar refractivity (Wildman–Crippen MR) is 101 cm³/mol. The van der Waals surface area contributed by atoms with Crippen LogP contribution in [0.25, 0.3) is 0 Å². The minimum Gasteiger partial charge on any atom is -0.348 e. The Labute approximate surface area is 156 Å². The quantitative estimate of drug-likeness (QED) is 0.762. The summed E-state index contributed by atoms with van der Waals surface area (Å²) >= 11 is 0. The number of likely N-dealkylation sites (N-methyl/N-ethyl adjacent to an activating group) is 1. The van der Waals surface area contributed by atoms with Gasteiger partial charge in [0.05, 0.1) is 6.54 Å². The molecular weight excluding hydrogens is 340 g/mol. The number of rotatable bonds is 5. The van der Waals surface area contributed by atoms with E-state index in [0.717, 1.165) is 57.3 Å². The number of anilines is 1. The molecule has 1 amide bonds. The normalized spacial score (nSPS) is 18.9. The molecule has 0 spiro atoms.